The molecule has 0 spiro atoms. The minimum atomic E-state index is -0.847. The molecule has 4 unspecified atom stereocenters. The van der Waals surface area contributed by atoms with E-state index in [-0.39, 0.29) is 35.1 Å². The number of ketones is 1. The molecule has 0 radical (unpaired) electrons. The minimum Gasteiger partial charge on any atom is -0.494 e. The molecule has 0 bridgehead atoms. The number of carbonyl (C=O) groups excluding carboxylic acids is 1. The van der Waals surface area contributed by atoms with Gasteiger partial charge in [-0.15, -0.1) is 0 Å². The van der Waals surface area contributed by atoms with Crippen molar-refractivity contribution >= 4 is 5.78 Å². The van der Waals surface area contributed by atoms with E-state index in [0.29, 0.717) is 0 Å². The number of allylic oxidation sites excluding steroid dienone is 7. The molecule has 0 aromatic rings. The summed E-state index contributed by atoms with van der Waals surface area (Å²) in [4.78, 5) is 12.6. The van der Waals surface area contributed by atoms with Crippen molar-refractivity contribution in [2.24, 2.45) is 17.8 Å². The van der Waals surface area contributed by atoms with E-state index in [0.717, 1.165) is 25.7 Å². The molecule has 0 amide bonds. The highest BCUT2D eigenvalue weighted by Crippen LogP contribution is 2.38. The van der Waals surface area contributed by atoms with Crippen molar-refractivity contribution < 1.29 is 19.4 Å². The van der Waals surface area contributed by atoms with Crippen LogP contribution in [-0.2, 0) is 14.3 Å². The van der Waals surface area contributed by atoms with E-state index in [9.17, 15) is 9.90 Å². The number of ether oxygens (including phenoxy) is 2. The number of hydrogen-bond donors (Lipinski definition) is 1. The van der Waals surface area contributed by atoms with Crippen LogP contribution in [0.15, 0.2) is 47.0 Å². The zero-order chi connectivity index (χ0) is 21.3. The van der Waals surface area contributed by atoms with Crippen LogP contribution >= 0.6 is 0 Å². The Kier molecular flexibility index (Phi) is 10.3. The monoisotopic (exact) mass is 390 g/mol. The molecule has 0 saturated heterocycles. The number of aliphatic hydroxyl groups is 1. The normalized spacial score (nSPS) is 25.4. The Morgan fingerprint density at radius 1 is 1.14 bits per heavy atom. The van der Waals surface area contributed by atoms with Gasteiger partial charge in [0.1, 0.15) is 6.10 Å². The smallest absolute Gasteiger partial charge is 0.204 e. The summed E-state index contributed by atoms with van der Waals surface area (Å²) >= 11 is 0. The van der Waals surface area contributed by atoms with E-state index in [4.69, 9.17) is 9.47 Å². The van der Waals surface area contributed by atoms with Gasteiger partial charge in [0, 0.05) is 11.8 Å². The van der Waals surface area contributed by atoms with Gasteiger partial charge in [0.15, 0.2) is 5.76 Å². The van der Waals surface area contributed by atoms with Gasteiger partial charge in [0.25, 0.3) is 0 Å². The Morgan fingerprint density at radius 3 is 2.36 bits per heavy atom. The van der Waals surface area contributed by atoms with Crippen molar-refractivity contribution in [2.45, 2.75) is 66.4 Å². The number of hydrogen-bond acceptors (Lipinski definition) is 4. The van der Waals surface area contributed by atoms with Crippen LogP contribution in [0.25, 0.3) is 0 Å². The van der Waals surface area contributed by atoms with Crippen molar-refractivity contribution in [3.05, 3.63) is 47.0 Å². The Hall–Kier alpha value is -1.81. The van der Waals surface area contributed by atoms with E-state index in [1.54, 1.807) is 0 Å². The number of aliphatic hydroxyl groups excluding tert-OH is 1. The molecule has 0 aromatic carbocycles. The van der Waals surface area contributed by atoms with Crippen LogP contribution in [0.3, 0.4) is 0 Å². The first-order valence-electron chi connectivity index (χ1n) is 10.3. The summed E-state index contributed by atoms with van der Waals surface area (Å²) < 4.78 is 10.5. The highest BCUT2D eigenvalue weighted by molar-refractivity contribution is 5.97. The third-order valence-corrected chi connectivity index (χ3v) is 5.62. The maximum atomic E-state index is 12.6. The first-order chi connectivity index (χ1) is 13.3. The summed E-state index contributed by atoms with van der Waals surface area (Å²) in [6, 6.07) is 0. The summed E-state index contributed by atoms with van der Waals surface area (Å²) in [6.45, 7) is 10.3. The average molecular weight is 391 g/mol. The average Bonchev–Trinajstić information content (AvgIpc) is 2.64. The summed E-state index contributed by atoms with van der Waals surface area (Å²) in [5.74, 6) is -0.214. The van der Waals surface area contributed by atoms with Gasteiger partial charge in [0.05, 0.1) is 14.2 Å². The first kappa shape index (κ1) is 24.2. The van der Waals surface area contributed by atoms with Gasteiger partial charge in [0.2, 0.25) is 11.5 Å². The zero-order valence-electron chi connectivity index (χ0n) is 18.6. The topological polar surface area (TPSA) is 55.8 Å². The first-order valence-corrected chi connectivity index (χ1v) is 10.3. The Morgan fingerprint density at radius 2 is 1.79 bits per heavy atom. The largest absolute Gasteiger partial charge is 0.494 e. The van der Waals surface area contributed by atoms with Crippen molar-refractivity contribution in [3.63, 3.8) is 0 Å². The fourth-order valence-corrected chi connectivity index (χ4v) is 4.01. The van der Waals surface area contributed by atoms with Crippen molar-refractivity contribution in [2.75, 3.05) is 14.2 Å². The number of rotatable bonds is 10. The van der Waals surface area contributed by atoms with E-state index in [2.05, 4.69) is 45.1 Å². The lowest BCUT2D eigenvalue weighted by atomic mass is 9.72. The molecule has 1 aliphatic carbocycles. The van der Waals surface area contributed by atoms with Gasteiger partial charge in [-0.25, -0.2) is 0 Å². The maximum absolute atomic E-state index is 12.6. The molecular weight excluding hydrogens is 352 g/mol. The van der Waals surface area contributed by atoms with Crippen molar-refractivity contribution in [1.29, 1.82) is 0 Å². The molecule has 1 aliphatic rings. The van der Waals surface area contributed by atoms with Crippen LogP contribution in [0.4, 0.5) is 0 Å². The third-order valence-electron chi connectivity index (χ3n) is 5.62. The summed E-state index contributed by atoms with van der Waals surface area (Å²) in [6.07, 6.45) is 12.1. The SMILES string of the molecule is C/C=C/CC/C(C)=C/CC/C(C)=C/C(C)C1C(C)C(=O)C(OC)=C(OC)C1O. The second kappa shape index (κ2) is 11.9. The maximum Gasteiger partial charge on any atom is 0.204 e. The number of carbonyl (C=O) groups is 1. The van der Waals surface area contributed by atoms with Crippen LogP contribution in [0.5, 0.6) is 0 Å². The lowest BCUT2D eigenvalue weighted by Gasteiger charge is -2.36. The molecule has 28 heavy (non-hydrogen) atoms. The van der Waals surface area contributed by atoms with Crippen LogP contribution in [0.1, 0.15) is 60.3 Å². The van der Waals surface area contributed by atoms with Crippen molar-refractivity contribution in [1.82, 2.24) is 0 Å². The van der Waals surface area contributed by atoms with Gasteiger partial charge >= 0.3 is 0 Å². The summed E-state index contributed by atoms with van der Waals surface area (Å²) in [5.41, 5.74) is 2.69. The van der Waals surface area contributed by atoms with E-state index in [1.807, 2.05) is 13.8 Å². The molecule has 4 atom stereocenters. The lowest BCUT2D eigenvalue weighted by Crippen LogP contribution is -2.43. The highest BCUT2D eigenvalue weighted by atomic mass is 16.5. The highest BCUT2D eigenvalue weighted by Gasteiger charge is 2.44. The summed E-state index contributed by atoms with van der Waals surface area (Å²) in [7, 11) is 2.90. The van der Waals surface area contributed by atoms with Crippen LogP contribution in [-0.4, -0.2) is 31.2 Å². The molecule has 1 rings (SSSR count). The van der Waals surface area contributed by atoms with Gasteiger partial charge in [-0.05, 0) is 52.4 Å². The van der Waals surface area contributed by atoms with E-state index >= 15 is 0 Å². The van der Waals surface area contributed by atoms with Crippen molar-refractivity contribution in [3.8, 4) is 0 Å². The predicted molar refractivity (Wildman–Crippen MR) is 115 cm³/mol. The Bertz CT molecular complexity index is 639. The second-order valence-electron chi connectivity index (χ2n) is 7.85. The van der Waals surface area contributed by atoms with Crippen LogP contribution in [0.2, 0.25) is 0 Å². The third kappa shape index (κ3) is 6.37. The minimum absolute atomic E-state index is 0.0530. The zero-order valence-corrected chi connectivity index (χ0v) is 18.6. The molecule has 4 heteroatoms. The molecule has 1 N–H and O–H groups in total. The van der Waals surface area contributed by atoms with Gasteiger partial charge in [-0.3, -0.25) is 4.79 Å². The molecule has 158 valence electrons. The van der Waals surface area contributed by atoms with Gasteiger partial charge in [-0.1, -0.05) is 49.3 Å². The van der Waals surface area contributed by atoms with Gasteiger partial charge < -0.3 is 14.6 Å². The Labute approximate surface area is 171 Å². The molecular formula is C24H38O4. The van der Waals surface area contributed by atoms with Crippen LogP contribution in [0, 0.1) is 17.8 Å². The fourth-order valence-electron chi connectivity index (χ4n) is 4.01. The number of methoxy groups -OCH3 is 2. The van der Waals surface area contributed by atoms with Crippen LogP contribution < -0.4 is 0 Å². The van der Waals surface area contributed by atoms with E-state index in [1.165, 1.54) is 25.4 Å². The Balaban J connectivity index is 2.79. The quantitative estimate of drug-likeness (QED) is 0.511. The molecule has 0 fully saturated rings. The fraction of sp³-hybridized carbons (Fsp3) is 0.625. The molecule has 0 saturated carbocycles. The predicted octanol–water partition coefficient (Wildman–Crippen LogP) is 5.35. The molecule has 0 heterocycles. The second-order valence-corrected chi connectivity index (χ2v) is 7.85. The number of Topliss-reactive ketones (excluding diaryl/α,β-unsaturated/α-hetero) is 1. The molecule has 0 aliphatic heterocycles. The van der Waals surface area contributed by atoms with Gasteiger partial charge in [-0.2, -0.15) is 0 Å². The van der Waals surface area contributed by atoms with E-state index < -0.39 is 6.10 Å². The summed E-state index contributed by atoms with van der Waals surface area (Å²) in [5, 5.41) is 10.8. The molecule has 4 nitrogen and oxygen atoms in total. The standard InChI is InChI=1S/C24H38O4/c1-8-9-10-12-16(2)13-11-14-17(3)15-18(4)20-19(5)21(25)23(27-6)24(28-7)22(20)26/h8-9,13,15,18-20,22,26H,10-12,14H2,1-7H3/b9-8+,16-13+,17-15+. The lowest BCUT2D eigenvalue weighted by molar-refractivity contribution is -0.129. The molecule has 0 aromatic heterocycles.